The Morgan fingerprint density at radius 3 is 2.43 bits per heavy atom. The monoisotopic (exact) mass is 186 g/mol. The average molecular weight is 186 g/mol. The van der Waals surface area contributed by atoms with E-state index in [9.17, 15) is 5.11 Å². The fraction of sp³-hybridized carbons (Fsp3) is 0.0909. The summed E-state index contributed by atoms with van der Waals surface area (Å²) in [5, 5.41) is 19.0. The number of hydrogen-bond donors (Lipinski definition) is 1. The molecule has 0 aliphatic heterocycles. The van der Waals surface area contributed by atoms with Crippen LogP contribution in [-0.2, 0) is 0 Å². The van der Waals surface area contributed by atoms with Gasteiger partial charge >= 0.3 is 0 Å². The molecule has 0 atom stereocenters. The van der Waals surface area contributed by atoms with Crippen LogP contribution in [0, 0.1) is 0 Å². The Kier molecular flexibility index (Phi) is 2.14. The number of fused-ring (bicyclic) bond motifs is 1. The summed E-state index contributed by atoms with van der Waals surface area (Å²) in [6, 6.07) is 11.0. The van der Waals surface area contributed by atoms with Gasteiger partial charge in [-0.15, -0.1) is 0 Å². The van der Waals surface area contributed by atoms with Crippen LogP contribution in [-0.4, -0.2) is 12.2 Å². The highest BCUT2D eigenvalue weighted by Crippen LogP contribution is 2.32. The van der Waals surface area contributed by atoms with E-state index >= 15 is 0 Å². The summed E-state index contributed by atoms with van der Waals surface area (Å²) in [4.78, 5) is 0. The third-order valence-electron chi connectivity index (χ3n) is 2.09. The topological polar surface area (TPSA) is 45.0 Å². The Bertz CT molecular complexity index is 492. The lowest BCUT2D eigenvalue weighted by Gasteiger charge is -2.02. The number of hydrogen-bond acceptors (Lipinski definition) is 3. The lowest BCUT2D eigenvalue weighted by atomic mass is 10.1. The molecule has 2 rings (SSSR count). The van der Waals surface area contributed by atoms with Gasteiger partial charge in [-0.3, -0.25) is 0 Å². The first kappa shape index (κ1) is 8.69. The number of nitrogens with zero attached hydrogens (tertiary/aromatic N) is 2. The van der Waals surface area contributed by atoms with Crippen molar-refractivity contribution >= 4 is 16.5 Å². The summed E-state index contributed by atoms with van der Waals surface area (Å²) in [6.07, 6.45) is 0. The van der Waals surface area contributed by atoms with Gasteiger partial charge in [0.1, 0.15) is 5.75 Å². The molecule has 3 nitrogen and oxygen atoms in total. The van der Waals surface area contributed by atoms with Crippen LogP contribution < -0.4 is 0 Å². The molecule has 0 fully saturated rings. The molecule has 1 N–H and O–H groups in total. The molecule has 0 saturated carbocycles. The zero-order valence-electron chi connectivity index (χ0n) is 7.81. The van der Waals surface area contributed by atoms with Crippen molar-refractivity contribution < 1.29 is 5.11 Å². The molecule has 0 unspecified atom stereocenters. The fourth-order valence-corrected chi connectivity index (χ4v) is 1.46. The zero-order chi connectivity index (χ0) is 9.97. The third-order valence-corrected chi connectivity index (χ3v) is 2.09. The zero-order valence-corrected chi connectivity index (χ0v) is 7.81. The smallest absolute Gasteiger partial charge is 0.123 e. The van der Waals surface area contributed by atoms with Crippen LogP contribution in [0.5, 0.6) is 5.75 Å². The normalized spacial score (nSPS) is 11.2. The van der Waals surface area contributed by atoms with Crippen molar-refractivity contribution in [3.63, 3.8) is 0 Å². The highest BCUT2D eigenvalue weighted by atomic mass is 16.3. The molecule has 0 aromatic heterocycles. The van der Waals surface area contributed by atoms with Crippen LogP contribution in [0.1, 0.15) is 0 Å². The number of benzene rings is 2. The molecule has 0 aliphatic rings. The molecule has 3 heteroatoms. The van der Waals surface area contributed by atoms with Gasteiger partial charge in [-0.25, -0.2) is 0 Å². The molecule has 0 spiro atoms. The van der Waals surface area contributed by atoms with Gasteiger partial charge in [-0.2, -0.15) is 10.2 Å². The number of azo groups is 1. The Morgan fingerprint density at radius 1 is 1.00 bits per heavy atom. The quantitative estimate of drug-likeness (QED) is 0.682. The van der Waals surface area contributed by atoms with E-state index in [1.54, 1.807) is 19.2 Å². The van der Waals surface area contributed by atoms with E-state index in [0.717, 1.165) is 16.5 Å². The summed E-state index contributed by atoms with van der Waals surface area (Å²) in [5.41, 5.74) is 0.779. The minimum absolute atomic E-state index is 0.274. The number of rotatable bonds is 1. The second kappa shape index (κ2) is 3.46. The van der Waals surface area contributed by atoms with Gasteiger partial charge in [-0.1, -0.05) is 24.3 Å². The van der Waals surface area contributed by atoms with Crippen molar-refractivity contribution in [2.24, 2.45) is 10.2 Å². The third kappa shape index (κ3) is 1.33. The van der Waals surface area contributed by atoms with Crippen LogP contribution in [0.3, 0.4) is 0 Å². The van der Waals surface area contributed by atoms with Gasteiger partial charge in [0.25, 0.3) is 0 Å². The Hall–Kier alpha value is -1.90. The molecule has 0 heterocycles. The number of aromatic hydroxyl groups is 1. The van der Waals surface area contributed by atoms with E-state index in [2.05, 4.69) is 10.2 Å². The Morgan fingerprint density at radius 2 is 1.71 bits per heavy atom. The molecular formula is C11H10N2O. The summed E-state index contributed by atoms with van der Waals surface area (Å²) in [7, 11) is 1.63. The van der Waals surface area contributed by atoms with Crippen molar-refractivity contribution in [3.05, 3.63) is 36.4 Å². The van der Waals surface area contributed by atoms with Crippen molar-refractivity contribution in [3.8, 4) is 5.75 Å². The standard InChI is InChI=1S/C11H10N2O/c1-12-13-10-6-7-11(14)9-5-3-2-4-8(9)10/h2-7,14H,1H3/b13-12+. The van der Waals surface area contributed by atoms with E-state index in [1.807, 2.05) is 24.3 Å². The lowest BCUT2D eigenvalue weighted by molar-refractivity contribution is 0.481. The lowest BCUT2D eigenvalue weighted by Crippen LogP contribution is -1.74. The maximum Gasteiger partial charge on any atom is 0.123 e. The summed E-state index contributed by atoms with van der Waals surface area (Å²) in [6.45, 7) is 0. The number of phenolic OH excluding ortho intramolecular Hbond substituents is 1. The predicted octanol–water partition coefficient (Wildman–Crippen LogP) is 3.26. The van der Waals surface area contributed by atoms with Crippen molar-refractivity contribution in [1.82, 2.24) is 0 Å². The highest BCUT2D eigenvalue weighted by Gasteiger charge is 2.02. The predicted molar refractivity (Wildman–Crippen MR) is 56.1 cm³/mol. The Balaban J connectivity index is 2.81. The molecule has 0 saturated heterocycles. The fourth-order valence-electron chi connectivity index (χ4n) is 1.46. The molecule has 14 heavy (non-hydrogen) atoms. The van der Waals surface area contributed by atoms with Crippen molar-refractivity contribution in [2.75, 3.05) is 7.05 Å². The molecule has 0 radical (unpaired) electrons. The molecule has 0 bridgehead atoms. The Labute approximate surface area is 81.7 Å². The van der Waals surface area contributed by atoms with Crippen LogP contribution in [0.2, 0.25) is 0 Å². The van der Waals surface area contributed by atoms with Crippen molar-refractivity contribution in [2.45, 2.75) is 0 Å². The second-order valence-electron chi connectivity index (χ2n) is 2.95. The largest absolute Gasteiger partial charge is 0.507 e. The minimum Gasteiger partial charge on any atom is -0.507 e. The van der Waals surface area contributed by atoms with Crippen LogP contribution in [0.25, 0.3) is 10.8 Å². The van der Waals surface area contributed by atoms with E-state index in [1.165, 1.54) is 0 Å². The maximum absolute atomic E-state index is 9.59. The molecule has 0 aliphatic carbocycles. The maximum atomic E-state index is 9.59. The van der Waals surface area contributed by atoms with Gasteiger partial charge in [0.2, 0.25) is 0 Å². The van der Waals surface area contributed by atoms with Crippen LogP contribution in [0.4, 0.5) is 5.69 Å². The van der Waals surface area contributed by atoms with Crippen LogP contribution in [0.15, 0.2) is 46.6 Å². The van der Waals surface area contributed by atoms with Gasteiger partial charge in [0, 0.05) is 17.8 Å². The van der Waals surface area contributed by atoms with Gasteiger partial charge < -0.3 is 5.11 Å². The van der Waals surface area contributed by atoms with Gasteiger partial charge in [0.15, 0.2) is 0 Å². The first-order valence-electron chi connectivity index (χ1n) is 4.33. The molecular weight excluding hydrogens is 176 g/mol. The number of phenols is 1. The average Bonchev–Trinajstić information content (AvgIpc) is 2.23. The van der Waals surface area contributed by atoms with Gasteiger partial charge in [0.05, 0.1) is 5.69 Å². The molecule has 2 aromatic carbocycles. The van der Waals surface area contributed by atoms with E-state index < -0.39 is 0 Å². The SMILES string of the molecule is C/N=N/c1ccc(O)c2ccccc12. The molecule has 70 valence electrons. The minimum atomic E-state index is 0.274. The van der Waals surface area contributed by atoms with E-state index in [0.29, 0.717) is 0 Å². The highest BCUT2D eigenvalue weighted by molar-refractivity contribution is 5.96. The van der Waals surface area contributed by atoms with E-state index in [4.69, 9.17) is 0 Å². The molecule has 0 amide bonds. The summed E-state index contributed by atoms with van der Waals surface area (Å²) in [5.74, 6) is 0.274. The van der Waals surface area contributed by atoms with Crippen molar-refractivity contribution in [1.29, 1.82) is 0 Å². The second-order valence-corrected chi connectivity index (χ2v) is 2.95. The van der Waals surface area contributed by atoms with Crippen LogP contribution >= 0.6 is 0 Å². The molecule has 2 aromatic rings. The van der Waals surface area contributed by atoms with Gasteiger partial charge in [-0.05, 0) is 12.1 Å². The summed E-state index contributed by atoms with van der Waals surface area (Å²) < 4.78 is 0. The summed E-state index contributed by atoms with van der Waals surface area (Å²) >= 11 is 0. The van der Waals surface area contributed by atoms with E-state index in [-0.39, 0.29) is 5.75 Å². The first-order chi connectivity index (χ1) is 6.83. The first-order valence-corrected chi connectivity index (χ1v) is 4.33.